The van der Waals surface area contributed by atoms with E-state index in [2.05, 4.69) is 21.2 Å². The van der Waals surface area contributed by atoms with Crippen LogP contribution in [0.3, 0.4) is 0 Å². The molecule has 0 aliphatic heterocycles. The van der Waals surface area contributed by atoms with E-state index < -0.39 is 5.97 Å². The van der Waals surface area contributed by atoms with Crippen molar-refractivity contribution >= 4 is 56.4 Å². The van der Waals surface area contributed by atoms with Gasteiger partial charge < -0.3 is 10.4 Å². The fraction of sp³-hybridized carbons (Fsp3) is 0. The normalized spacial score (nSPS) is 10.2. The summed E-state index contributed by atoms with van der Waals surface area (Å²) in [4.78, 5) is 23.5. The number of rotatable bonds is 3. The van der Waals surface area contributed by atoms with Gasteiger partial charge in [-0.3, -0.25) is 4.79 Å². The van der Waals surface area contributed by atoms with Crippen LogP contribution in [0.4, 0.5) is 5.69 Å². The molecule has 0 bridgehead atoms. The maximum absolute atomic E-state index is 12.0. The standard InChI is InChI=1S/C12H7BrClNO3S/c13-10-4-3-9(19-10)11(16)15-8-5-6(14)1-2-7(8)12(17)18/h1-5H,(H,15,16)(H,17,18). The van der Waals surface area contributed by atoms with Crippen LogP contribution in [0.25, 0.3) is 0 Å². The lowest BCUT2D eigenvalue weighted by Crippen LogP contribution is -2.13. The molecule has 0 saturated carbocycles. The first-order valence-electron chi connectivity index (χ1n) is 5.07. The zero-order valence-electron chi connectivity index (χ0n) is 9.31. The van der Waals surface area contributed by atoms with Gasteiger partial charge in [-0.1, -0.05) is 11.6 Å². The second-order valence-electron chi connectivity index (χ2n) is 3.55. The number of hydrogen-bond donors (Lipinski definition) is 2. The highest BCUT2D eigenvalue weighted by Crippen LogP contribution is 2.25. The van der Waals surface area contributed by atoms with Gasteiger partial charge in [0.05, 0.1) is 19.9 Å². The van der Waals surface area contributed by atoms with Crippen molar-refractivity contribution in [1.82, 2.24) is 0 Å². The molecule has 0 spiro atoms. The Labute approximate surface area is 126 Å². The molecule has 0 radical (unpaired) electrons. The third-order valence-corrected chi connectivity index (χ3v) is 4.11. The lowest BCUT2D eigenvalue weighted by atomic mass is 10.2. The smallest absolute Gasteiger partial charge is 0.337 e. The van der Waals surface area contributed by atoms with E-state index in [1.165, 1.54) is 29.5 Å². The Hall–Kier alpha value is -1.37. The highest BCUT2D eigenvalue weighted by molar-refractivity contribution is 9.11. The van der Waals surface area contributed by atoms with Crippen LogP contribution in [0.1, 0.15) is 20.0 Å². The van der Waals surface area contributed by atoms with Crippen molar-refractivity contribution in [2.45, 2.75) is 0 Å². The average molecular weight is 361 g/mol. The van der Waals surface area contributed by atoms with Crippen LogP contribution in [0, 0.1) is 0 Å². The second-order valence-corrected chi connectivity index (χ2v) is 6.45. The Balaban J connectivity index is 2.30. The van der Waals surface area contributed by atoms with Gasteiger partial charge in [0.2, 0.25) is 0 Å². The number of carbonyl (C=O) groups is 2. The van der Waals surface area contributed by atoms with Gasteiger partial charge in [0.1, 0.15) is 0 Å². The summed E-state index contributed by atoms with van der Waals surface area (Å²) in [5.41, 5.74) is 0.169. The van der Waals surface area contributed by atoms with E-state index >= 15 is 0 Å². The highest BCUT2D eigenvalue weighted by Gasteiger charge is 2.15. The molecule has 1 amide bonds. The van der Waals surface area contributed by atoms with Gasteiger partial charge in [-0.2, -0.15) is 0 Å². The number of aromatic carboxylic acids is 1. The first-order valence-corrected chi connectivity index (χ1v) is 7.05. The van der Waals surface area contributed by atoms with Crippen molar-refractivity contribution in [3.63, 3.8) is 0 Å². The molecule has 0 fully saturated rings. The molecular weight excluding hydrogens is 354 g/mol. The molecule has 0 aliphatic carbocycles. The van der Waals surface area contributed by atoms with Gasteiger partial charge in [0, 0.05) is 5.02 Å². The Morgan fingerprint density at radius 1 is 1.26 bits per heavy atom. The minimum atomic E-state index is -1.13. The number of hydrogen-bond acceptors (Lipinski definition) is 3. The predicted octanol–water partition coefficient (Wildman–Crippen LogP) is 4.11. The monoisotopic (exact) mass is 359 g/mol. The summed E-state index contributed by atoms with van der Waals surface area (Å²) in [6.07, 6.45) is 0. The molecule has 2 rings (SSSR count). The van der Waals surface area contributed by atoms with Crippen molar-refractivity contribution in [3.8, 4) is 0 Å². The van der Waals surface area contributed by atoms with E-state index in [9.17, 15) is 9.59 Å². The lowest BCUT2D eigenvalue weighted by molar-refractivity contribution is 0.0698. The summed E-state index contributed by atoms with van der Waals surface area (Å²) in [5.74, 6) is -1.50. The van der Waals surface area contributed by atoms with Gasteiger partial charge in [-0.05, 0) is 46.3 Å². The van der Waals surface area contributed by atoms with E-state index in [-0.39, 0.29) is 17.2 Å². The molecule has 1 aromatic carbocycles. The van der Waals surface area contributed by atoms with Crippen LogP contribution < -0.4 is 5.32 Å². The maximum atomic E-state index is 12.0. The Morgan fingerprint density at radius 3 is 2.58 bits per heavy atom. The number of benzene rings is 1. The zero-order chi connectivity index (χ0) is 14.0. The molecule has 0 aliphatic rings. The first-order chi connectivity index (χ1) is 8.97. The number of thiophene rings is 1. The van der Waals surface area contributed by atoms with E-state index in [1.54, 1.807) is 12.1 Å². The minimum Gasteiger partial charge on any atom is -0.478 e. The quantitative estimate of drug-likeness (QED) is 0.865. The fourth-order valence-electron chi connectivity index (χ4n) is 1.43. The number of carbonyl (C=O) groups excluding carboxylic acids is 1. The molecule has 2 N–H and O–H groups in total. The van der Waals surface area contributed by atoms with Crippen molar-refractivity contribution in [2.75, 3.05) is 5.32 Å². The number of nitrogens with one attached hydrogen (secondary N) is 1. The van der Waals surface area contributed by atoms with Gasteiger partial charge in [0.25, 0.3) is 5.91 Å². The minimum absolute atomic E-state index is 0.00614. The van der Waals surface area contributed by atoms with Crippen LogP contribution in [0.5, 0.6) is 0 Å². The molecule has 7 heteroatoms. The molecule has 4 nitrogen and oxygen atoms in total. The number of anilines is 1. The van der Waals surface area contributed by atoms with Crippen LogP contribution in [-0.2, 0) is 0 Å². The number of carboxylic acids is 1. The third kappa shape index (κ3) is 3.34. The number of amides is 1. The molecule has 0 unspecified atom stereocenters. The van der Waals surface area contributed by atoms with Crippen LogP contribution in [0.2, 0.25) is 5.02 Å². The molecule has 0 atom stereocenters. The third-order valence-electron chi connectivity index (χ3n) is 2.26. The van der Waals surface area contributed by atoms with Gasteiger partial charge in [-0.25, -0.2) is 4.79 Å². The molecule has 1 aromatic heterocycles. The molecule has 0 saturated heterocycles. The van der Waals surface area contributed by atoms with Gasteiger partial charge in [0.15, 0.2) is 0 Å². The van der Waals surface area contributed by atoms with Gasteiger partial charge in [-0.15, -0.1) is 11.3 Å². The SMILES string of the molecule is O=C(Nc1cc(Cl)ccc1C(=O)O)c1ccc(Br)s1. The summed E-state index contributed by atoms with van der Waals surface area (Å²) in [5, 5.41) is 11.9. The van der Waals surface area contributed by atoms with E-state index in [0.717, 1.165) is 3.79 Å². The lowest BCUT2D eigenvalue weighted by Gasteiger charge is -2.07. The number of carboxylic acid groups (broad SMARTS) is 1. The molecular formula is C12H7BrClNO3S. The topological polar surface area (TPSA) is 66.4 Å². The summed E-state index contributed by atoms with van der Waals surface area (Å²) >= 11 is 10.3. The van der Waals surface area contributed by atoms with Crippen molar-refractivity contribution in [3.05, 3.63) is 49.6 Å². The number of halogens is 2. The molecule has 2 aromatic rings. The van der Waals surface area contributed by atoms with E-state index in [1.807, 2.05) is 0 Å². The first kappa shape index (κ1) is 14.0. The zero-order valence-corrected chi connectivity index (χ0v) is 12.5. The van der Waals surface area contributed by atoms with Gasteiger partial charge >= 0.3 is 5.97 Å². The molecule has 19 heavy (non-hydrogen) atoms. The largest absolute Gasteiger partial charge is 0.478 e. The Bertz CT molecular complexity index is 656. The molecule has 98 valence electrons. The van der Waals surface area contributed by atoms with Crippen molar-refractivity contribution in [2.24, 2.45) is 0 Å². The van der Waals surface area contributed by atoms with Crippen molar-refractivity contribution < 1.29 is 14.7 Å². The Kier molecular flexibility index (Phi) is 4.24. The molecule has 1 heterocycles. The average Bonchev–Trinajstić information content (AvgIpc) is 2.75. The van der Waals surface area contributed by atoms with Crippen LogP contribution in [0.15, 0.2) is 34.1 Å². The van der Waals surface area contributed by atoms with Crippen LogP contribution in [-0.4, -0.2) is 17.0 Å². The second kappa shape index (κ2) is 5.73. The summed E-state index contributed by atoms with van der Waals surface area (Å²) in [7, 11) is 0. The fourth-order valence-corrected chi connectivity index (χ4v) is 2.88. The maximum Gasteiger partial charge on any atom is 0.337 e. The summed E-state index contributed by atoms with van der Waals surface area (Å²) in [6, 6.07) is 7.61. The van der Waals surface area contributed by atoms with Crippen molar-refractivity contribution in [1.29, 1.82) is 0 Å². The highest BCUT2D eigenvalue weighted by atomic mass is 79.9. The van der Waals surface area contributed by atoms with Crippen LogP contribution >= 0.6 is 38.9 Å². The summed E-state index contributed by atoms with van der Waals surface area (Å²) in [6.45, 7) is 0. The van der Waals surface area contributed by atoms with E-state index in [4.69, 9.17) is 16.7 Å². The van der Waals surface area contributed by atoms with E-state index in [0.29, 0.717) is 9.90 Å². The Morgan fingerprint density at radius 2 is 2.00 bits per heavy atom. The summed E-state index contributed by atoms with van der Waals surface area (Å²) < 4.78 is 0.821. The predicted molar refractivity (Wildman–Crippen MR) is 78.4 cm³/mol.